The van der Waals surface area contributed by atoms with E-state index in [1.54, 1.807) is 12.5 Å². The van der Waals surface area contributed by atoms with E-state index in [4.69, 9.17) is 10.3 Å². The molecule has 0 saturated heterocycles. The molecule has 0 bridgehead atoms. The smallest absolute Gasteiger partial charge is 0.0950 e. The van der Waals surface area contributed by atoms with Crippen molar-refractivity contribution >= 4 is 0 Å². The lowest BCUT2D eigenvalue weighted by Gasteiger charge is -2.21. The fraction of sp³-hybridized carbons (Fsp3) is 0.667. The number of rotatable bonds is 4. The number of hydrogen-bond donors (Lipinski definition) is 2. The van der Waals surface area contributed by atoms with Gasteiger partial charge < -0.3 is 4.42 Å². The molecule has 1 saturated carbocycles. The Bertz CT molecular complexity index is 284. The van der Waals surface area contributed by atoms with Crippen molar-refractivity contribution in [1.29, 1.82) is 0 Å². The van der Waals surface area contributed by atoms with Gasteiger partial charge in [-0.05, 0) is 30.7 Å². The molecule has 1 aliphatic rings. The molecule has 3 heteroatoms. The minimum absolute atomic E-state index is 0.264. The minimum Gasteiger partial charge on any atom is -0.472 e. The van der Waals surface area contributed by atoms with Crippen LogP contribution in [0.2, 0.25) is 0 Å². The zero-order chi connectivity index (χ0) is 10.7. The summed E-state index contributed by atoms with van der Waals surface area (Å²) in [5.41, 5.74) is 4.11. The molecule has 1 aromatic heterocycles. The molecule has 2 rings (SSSR count). The third-order valence-corrected chi connectivity index (χ3v) is 3.71. The summed E-state index contributed by atoms with van der Waals surface area (Å²) in [4.78, 5) is 0. The van der Waals surface area contributed by atoms with Crippen molar-refractivity contribution < 1.29 is 4.42 Å². The van der Waals surface area contributed by atoms with Crippen molar-refractivity contribution in [3.8, 4) is 0 Å². The molecule has 1 aliphatic carbocycles. The third-order valence-electron chi connectivity index (χ3n) is 3.71. The summed E-state index contributed by atoms with van der Waals surface area (Å²) in [5.74, 6) is 7.19. The average Bonchev–Trinajstić information content (AvgIpc) is 2.89. The quantitative estimate of drug-likeness (QED) is 0.590. The molecule has 1 heterocycles. The fourth-order valence-corrected chi connectivity index (χ4v) is 2.74. The van der Waals surface area contributed by atoms with E-state index in [1.165, 1.54) is 31.2 Å². The summed E-state index contributed by atoms with van der Waals surface area (Å²) < 4.78 is 5.11. The van der Waals surface area contributed by atoms with Gasteiger partial charge in [-0.25, -0.2) is 0 Å². The van der Waals surface area contributed by atoms with Crippen molar-refractivity contribution in [1.82, 2.24) is 5.43 Å². The monoisotopic (exact) mass is 208 g/mol. The van der Waals surface area contributed by atoms with Gasteiger partial charge in [0.2, 0.25) is 0 Å². The van der Waals surface area contributed by atoms with Crippen LogP contribution in [-0.4, -0.2) is 0 Å². The van der Waals surface area contributed by atoms with Crippen LogP contribution in [0, 0.1) is 11.8 Å². The van der Waals surface area contributed by atoms with Crippen molar-refractivity contribution in [2.75, 3.05) is 0 Å². The second-order valence-electron chi connectivity index (χ2n) is 4.55. The number of nitrogens with one attached hydrogen (secondary N) is 1. The Balaban J connectivity index is 2.02. The van der Waals surface area contributed by atoms with E-state index < -0.39 is 0 Å². The van der Waals surface area contributed by atoms with Crippen LogP contribution in [0.25, 0.3) is 0 Å². The van der Waals surface area contributed by atoms with Gasteiger partial charge in [-0.15, -0.1) is 0 Å². The Kier molecular flexibility index (Phi) is 3.44. The van der Waals surface area contributed by atoms with Gasteiger partial charge >= 0.3 is 0 Å². The normalized spacial score (nSPS) is 28.1. The molecule has 0 aromatic carbocycles. The summed E-state index contributed by atoms with van der Waals surface area (Å²) in [6.45, 7) is 2.27. The number of nitrogens with two attached hydrogens (primary N) is 1. The lowest BCUT2D eigenvalue weighted by atomic mass is 9.92. The SMILES string of the molecule is CCC1CCC(C(NN)c2ccoc2)C1. The summed E-state index contributed by atoms with van der Waals surface area (Å²) in [6, 6.07) is 2.27. The molecular formula is C12H20N2O. The first-order chi connectivity index (χ1) is 7.35. The largest absolute Gasteiger partial charge is 0.472 e. The molecule has 3 unspecified atom stereocenters. The van der Waals surface area contributed by atoms with Crippen LogP contribution in [0.3, 0.4) is 0 Å². The molecule has 0 spiro atoms. The van der Waals surface area contributed by atoms with Crippen LogP contribution in [0.1, 0.15) is 44.2 Å². The molecule has 84 valence electrons. The third kappa shape index (κ3) is 2.24. The Morgan fingerprint density at radius 1 is 1.60 bits per heavy atom. The van der Waals surface area contributed by atoms with Crippen molar-refractivity contribution in [3.05, 3.63) is 24.2 Å². The summed E-state index contributed by atoms with van der Waals surface area (Å²) in [6.07, 6.45) is 8.71. The summed E-state index contributed by atoms with van der Waals surface area (Å²) in [7, 11) is 0. The summed E-state index contributed by atoms with van der Waals surface area (Å²) in [5, 5.41) is 0. The Morgan fingerprint density at radius 3 is 3.00 bits per heavy atom. The highest BCUT2D eigenvalue weighted by Gasteiger charge is 2.30. The van der Waals surface area contributed by atoms with Gasteiger partial charge in [-0.3, -0.25) is 11.3 Å². The minimum atomic E-state index is 0.264. The Labute approximate surface area is 91.0 Å². The van der Waals surface area contributed by atoms with Crippen LogP contribution in [0.5, 0.6) is 0 Å². The van der Waals surface area contributed by atoms with Crippen LogP contribution in [0.15, 0.2) is 23.0 Å². The predicted molar refractivity (Wildman–Crippen MR) is 59.9 cm³/mol. The molecule has 0 radical (unpaired) electrons. The Morgan fingerprint density at radius 2 is 2.47 bits per heavy atom. The van der Waals surface area contributed by atoms with Gasteiger partial charge in [0.15, 0.2) is 0 Å². The van der Waals surface area contributed by atoms with E-state index in [1.807, 2.05) is 6.07 Å². The van der Waals surface area contributed by atoms with Crippen molar-refractivity contribution in [2.45, 2.75) is 38.6 Å². The zero-order valence-corrected chi connectivity index (χ0v) is 9.28. The number of hydrazine groups is 1. The lowest BCUT2D eigenvalue weighted by molar-refractivity contribution is 0.356. The molecule has 3 N–H and O–H groups in total. The molecule has 1 aromatic rings. The highest BCUT2D eigenvalue weighted by Crippen LogP contribution is 2.40. The van der Waals surface area contributed by atoms with E-state index in [0.717, 1.165) is 5.92 Å². The maximum absolute atomic E-state index is 5.64. The van der Waals surface area contributed by atoms with Gasteiger partial charge in [0.1, 0.15) is 0 Å². The van der Waals surface area contributed by atoms with Crippen LogP contribution in [-0.2, 0) is 0 Å². The number of hydrogen-bond acceptors (Lipinski definition) is 3. The molecule has 1 fully saturated rings. The highest BCUT2D eigenvalue weighted by molar-refractivity contribution is 5.13. The molecule has 15 heavy (non-hydrogen) atoms. The van der Waals surface area contributed by atoms with E-state index in [9.17, 15) is 0 Å². The highest BCUT2D eigenvalue weighted by atomic mass is 16.3. The van der Waals surface area contributed by atoms with Gasteiger partial charge in [0.05, 0.1) is 18.6 Å². The maximum atomic E-state index is 5.64. The molecule has 3 nitrogen and oxygen atoms in total. The second kappa shape index (κ2) is 4.81. The van der Waals surface area contributed by atoms with Crippen LogP contribution >= 0.6 is 0 Å². The molecular weight excluding hydrogens is 188 g/mol. The van der Waals surface area contributed by atoms with Gasteiger partial charge in [-0.1, -0.05) is 19.8 Å². The molecule has 3 atom stereocenters. The van der Waals surface area contributed by atoms with E-state index >= 15 is 0 Å². The molecule has 0 aliphatic heterocycles. The zero-order valence-electron chi connectivity index (χ0n) is 9.28. The first-order valence-electron chi connectivity index (χ1n) is 5.83. The van der Waals surface area contributed by atoms with Crippen LogP contribution in [0.4, 0.5) is 0 Å². The van der Waals surface area contributed by atoms with Crippen molar-refractivity contribution in [3.63, 3.8) is 0 Å². The predicted octanol–water partition coefficient (Wildman–Crippen LogP) is 2.61. The van der Waals surface area contributed by atoms with Gasteiger partial charge in [0, 0.05) is 5.56 Å². The van der Waals surface area contributed by atoms with E-state index in [-0.39, 0.29) is 6.04 Å². The maximum Gasteiger partial charge on any atom is 0.0950 e. The van der Waals surface area contributed by atoms with E-state index in [0.29, 0.717) is 5.92 Å². The van der Waals surface area contributed by atoms with Gasteiger partial charge in [0.25, 0.3) is 0 Å². The topological polar surface area (TPSA) is 51.2 Å². The average molecular weight is 208 g/mol. The second-order valence-corrected chi connectivity index (χ2v) is 4.55. The van der Waals surface area contributed by atoms with Gasteiger partial charge in [-0.2, -0.15) is 0 Å². The Hall–Kier alpha value is -0.800. The lowest BCUT2D eigenvalue weighted by Crippen LogP contribution is -2.32. The van der Waals surface area contributed by atoms with Crippen LogP contribution < -0.4 is 11.3 Å². The van der Waals surface area contributed by atoms with Crippen molar-refractivity contribution in [2.24, 2.45) is 17.7 Å². The summed E-state index contributed by atoms with van der Waals surface area (Å²) >= 11 is 0. The number of furan rings is 1. The first kappa shape index (κ1) is 10.7. The fourth-order valence-electron chi connectivity index (χ4n) is 2.74. The molecule has 0 amide bonds. The standard InChI is InChI=1S/C12H20N2O/c1-2-9-3-4-10(7-9)12(14-13)11-5-6-15-8-11/h5-6,8-10,12,14H,2-4,7,13H2,1H3. The van der Waals surface area contributed by atoms with E-state index in [2.05, 4.69) is 12.3 Å². The first-order valence-corrected chi connectivity index (χ1v) is 5.83.